The zero-order chi connectivity index (χ0) is 7.97. The molecule has 3 rings (SSSR count). The van der Waals surface area contributed by atoms with Crippen molar-refractivity contribution in [1.82, 2.24) is 5.06 Å². The van der Waals surface area contributed by atoms with E-state index in [0.29, 0.717) is 12.0 Å². The van der Waals surface area contributed by atoms with Crippen LogP contribution in [0.3, 0.4) is 0 Å². The van der Waals surface area contributed by atoms with Crippen molar-refractivity contribution in [2.75, 3.05) is 6.54 Å². The highest BCUT2D eigenvalue weighted by Crippen LogP contribution is 2.38. The zero-order valence-corrected chi connectivity index (χ0v) is 7.28. The summed E-state index contributed by atoms with van der Waals surface area (Å²) >= 11 is 0. The maximum absolute atomic E-state index is 5.76. The third-order valence-electron chi connectivity index (χ3n) is 3.21. The van der Waals surface area contributed by atoms with Gasteiger partial charge in [0.25, 0.3) is 0 Å². The number of allylic oxidation sites excluding steroid dienone is 1. The number of hydroxylamine groups is 2. The molecule has 0 aromatic rings. The molecule has 2 heteroatoms. The van der Waals surface area contributed by atoms with Gasteiger partial charge in [-0.25, -0.2) is 0 Å². The summed E-state index contributed by atoms with van der Waals surface area (Å²) in [6, 6.07) is 0.783. The third-order valence-corrected chi connectivity index (χ3v) is 3.21. The van der Waals surface area contributed by atoms with Crippen LogP contribution in [0.2, 0.25) is 0 Å². The Labute approximate surface area is 73.1 Å². The Balaban J connectivity index is 1.65. The number of rotatable bonds is 1. The van der Waals surface area contributed by atoms with Gasteiger partial charge in [0.2, 0.25) is 0 Å². The van der Waals surface area contributed by atoms with E-state index >= 15 is 0 Å². The summed E-state index contributed by atoms with van der Waals surface area (Å²) in [7, 11) is 0. The predicted molar refractivity (Wildman–Crippen MR) is 46.5 cm³/mol. The van der Waals surface area contributed by atoms with E-state index in [0.717, 1.165) is 6.04 Å². The predicted octanol–water partition coefficient (Wildman–Crippen LogP) is 1.73. The summed E-state index contributed by atoms with van der Waals surface area (Å²) in [5.41, 5.74) is 0. The highest BCUT2D eigenvalue weighted by Gasteiger charge is 2.47. The van der Waals surface area contributed by atoms with Crippen LogP contribution in [0.15, 0.2) is 12.2 Å². The molecule has 2 nitrogen and oxygen atoms in total. The fourth-order valence-electron chi connectivity index (χ4n) is 2.37. The molecule has 2 heterocycles. The summed E-state index contributed by atoms with van der Waals surface area (Å²) in [5.74, 6) is 0.714. The van der Waals surface area contributed by atoms with Crippen molar-refractivity contribution in [1.29, 1.82) is 0 Å². The fraction of sp³-hybridized carbons (Fsp3) is 0.800. The van der Waals surface area contributed by atoms with Gasteiger partial charge in [-0.1, -0.05) is 12.2 Å². The monoisotopic (exact) mass is 165 g/mol. The van der Waals surface area contributed by atoms with Crippen LogP contribution in [-0.4, -0.2) is 23.8 Å². The van der Waals surface area contributed by atoms with E-state index in [1.54, 1.807) is 0 Å². The molecule has 1 aliphatic carbocycles. The lowest BCUT2D eigenvalue weighted by Crippen LogP contribution is -2.22. The van der Waals surface area contributed by atoms with Gasteiger partial charge in [0.15, 0.2) is 0 Å². The summed E-state index contributed by atoms with van der Waals surface area (Å²) in [6.07, 6.45) is 10.4. The molecule has 0 aromatic carbocycles. The molecule has 4 atom stereocenters. The second-order valence-electron chi connectivity index (χ2n) is 4.16. The van der Waals surface area contributed by atoms with Crippen molar-refractivity contribution in [3.05, 3.63) is 12.2 Å². The van der Waals surface area contributed by atoms with Crippen LogP contribution in [0.5, 0.6) is 0 Å². The minimum absolute atomic E-state index is 0.514. The Hall–Kier alpha value is -0.340. The minimum Gasteiger partial charge on any atom is -0.295 e. The van der Waals surface area contributed by atoms with Crippen molar-refractivity contribution >= 4 is 0 Å². The van der Waals surface area contributed by atoms with Gasteiger partial charge in [0.1, 0.15) is 0 Å². The normalized spacial score (nSPS) is 50.7. The number of nitrogens with zero attached hydrogens (tertiary/aromatic N) is 1. The Morgan fingerprint density at radius 2 is 2.42 bits per heavy atom. The summed E-state index contributed by atoms with van der Waals surface area (Å²) in [5, 5.41) is 2.13. The average molecular weight is 165 g/mol. The van der Waals surface area contributed by atoms with Crippen LogP contribution in [0.25, 0.3) is 0 Å². The first-order valence-corrected chi connectivity index (χ1v) is 5.03. The maximum atomic E-state index is 5.76. The summed E-state index contributed by atoms with van der Waals surface area (Å²) in [6.45, 7) is 1.19. The van der Waals surface area contributed by atoms with Gasteiger partial charge in [0.05, 0.1) is 12.1 Å². The summed E-state index contributed by atoms with van der Waals surface area (Å²) in [4.78, 5) is 5.76. The Kier molecular flexibility index (Phi) is 1.52. The molecule has 3 unspecified atom stereocenters. The van der Waals surface area contributed by atoms with Gasteiger partial charge in [0, 0.05) is 12.5 Å². The van der Waals surface area contributed by atoms with Gasteiger partial charge in [-0.15, -0.1) is 0 Å². The molecule has 0 spiro atoms. The SMILES string of the molecule is C1=C[C@H](C2CC3CN3O2)CCC1. The van der Waals surface area contributed by atoms with E-state index in [9.17, 15) is 0 Å². The standard InChI is InChI=1S/C10H15NO/c1-2-4-8(5-3-1)10-6-9-7-11(9)12-10/h2,4,8-10H,1,3,5-7H2/t8-,9?,10?,11?/m0/s1. The van der Waals surface area contributed by atoms with Crippen molar-refractivity contribution in [3.63, 3.8) is 0 Å². The van der Waals surface area contributed by atoms with E-state index in [2.05, 4.69) is 17.2 Å². The molecule has 0 aromatic heterocycles. The van der Waals surface area contributed by atoms with Gasteiger partial charge < -0.3 is 0 Å². The first kappa shape index (κ1) is 7.10. The highest BCUT2D eigenvalue weighted by atomic mass is 16.7. The number of hydrogen-bond acceptors (Lipinski definition) is 2. The van der Waals surface area contributed by atoms with E-state index < -0.39 is 0 Å². The van der Waals surface area contributed by atoms with Gasteiger partial charge in [-0.3, -0.25) is 4.84 Å². The molecule has 2 saturated heterocycles. The zero-order valence-electron chi connectivity index (χ0n) is 7.28. The highest BCUT2D eigenvalue weighted by molar-refractivity contribution is 5.01. The van der Waals surface area contributed by atoms with Crippen molar-refractivity contribution in [2.24, 2.45) is 5.92 Å². The molecule has 2 aliphatic heterocycles. The molecule has 12 heavy (non-hydrogen) atoms. The quantitative estimate of drug-likeness (QED) is 0.433. The van der Waals surface area contributed by atoms with Crippen LogP contribution in [-0.2, 0) is 4.84 Å². The second kappa shape index (κ2) is 2.57. The second-order valence-corrected chi connectivity index (χ2v) is 4.16. The van der Waals surface area contributed by atoms with E-state index in [1.807, 2.05) is 0 Å². The Bertz CT molecular complexity index is 204. The van der Waals surface area contributed by atoms with Crippen LogP contribution < -0.4 is 0 Å². The molecule has 0 N–H and O–H groups in total. The Morgan fingerprint density at radius 1 is 1.42 bits per heavy atom. The molecular weight excluding hydrogens is 150 g/mol. The lowest BCUT2D eigenvalue weighted by Gasteiger charge is -2.22. The van der Waals surface area contributed by atoms with Crippen molar-refractivity contribution in [2.45, 2.75) is 37.8 Å². The lowest BCUT2D eigenvalue weighted by molar-refractivity contribution is -0.0993. The molecule has 3 aliphatic rings. The first-order chi connectivity index (χ1) is 5.93. The first-order valence-electron chi connectivity index (χ1n) is 5.03. The molecule has 0 saturated carbocycles. The number of hydrogen-bond donors (Lipinski definition) is 0. The van der Waals surface area contributed by atoms with Crippen molar-refractivity contribution < 1.29 is 4.84 Å². The molecule has 2 fully saturated rings. The van der Waals surface area contributed by atoms with Crippen LogP contribution in [0.1, 0.15) is 25.7 Å². The van der Waals surface area contributed by atoms with Gasteiger partial charge >= 0.3 is 0 Å². The van der Waals surface area contributed by atoms with Gasteiger partial charge in [-0.05, 0) is 25.7 Å². The third kappa shape index (κ3) is 1.10. The lowest BCUT2D eigenvalue weighted by atomic mass is 9.89. The van der Waals surface area contributed by atoms with Crippen LogP contribution >= 0.6 is 0 Å². The smallest absolute Gasteiger partial charge is 0.0872 e. The minimum atomic E-state index is 0.514. The van der Waals surface area contributed by atoms with Gasteiger partial charge in [-0.2, -0.15) is 5.06 Å². The topological polar surface area (TPSA) is 12.2 Å². The summed E-state index contributed by atoms with van der Waals surface area (Å²) < 4.78 is 0. The average Bonchev–Trinajstić information content (AvgIpc) is 2.75. The van der Waals surface area contributed by atoms with Crippen molar-refractivity contribution in [3.8, 4) is 0 Å². The van der Waals surface area contributed by atoms with E-state index in [-0.39, 0.29) is 0 Å². The largest absolute Gasteiger partial charge is 0.295 e. The van der Waals surface area contributed by atoms with Crippen LogP contribution in [0.4, 0.5) is 0 Å². The van der Waals surface area contributed by atoms with Crippen LogP contribution in [0, 0.1) is 5.92 Å². The van der Waals surface area contributed by atoms with E-state index in [4.69, 9.17) is 4.84 Å². The van der Waals surface area contributed by atoms with E-state index in [1.165, 1.54) is 32.2 Å². The molecule has 66 valence electrons. The fourth-order valence-corrected chi connectivity index (χ4v) is 2.37. The molecule has 0 bridgehead atoms. The molecular formula is C10H15NO. The number of fused-ring (bicyclic) bond motifs is 1. The Morgan fingerprint density at radius 3 is 3.08 bits per heavy atom. The molecule has 0 amide bonds. The maximum Gasteiger partial charge on any atom is 0.0872 e. The molecule has 0 radical (unpaired) electrons.